The van der Waals surface area contributed by atoms with Gasteiger partial charge in [-0.25, -0.2) is 9.59 Å². The van der Waals surface area contributed by atoms with Gasteiger partial charge in [0.15, 0.2) is 5.78 Å². The third kappa shape index (κ3) is 4.02. The summed E-state index contributed by atoms with van der Waals surface area (Å²) >= 11 is 0. The SMILES string of the molecule is CCOC(=O)C(=O)[C@]1(C(=O)OCC)Oc2cc(OC)cc(OC)c2C(=O)[C@H]1c1ccccc1. The van der Waals surface area contributed by atoms with Crippen molar-refractivity contribution >= 4 is 23.5 Å². The second-order valence-electron chi connectivity index (χ2n) is 7.02. The molecule has 3 rings (SSSR count). The summed E-state index contributed by atoms with van der Waals surface area (Å²) in [6.45, 7) is 2.80. The maximum absolute atomic E-state index is 13.9. The van der Waals surface area contributed by atoms with E-state index in [1.807, 2.05) is 0 Å². The largest absolute Gasteiger partial charge is 0.496 e. The van der Waals surface area contributed by atoms with E-state index < -0.39 is 35.0 Å². The Balaban J connectivity index is 2.37. The van der Waals surface area contributed by atoms with Crippen molar-refractivity contribution in [2.45, 2.75) is 25.4 Å². The number of methoxy groups -OCH3 is 2. The van der Waals surface area contributed by atoms with Gasteiger partial charge in [0.2, 0.25) is 0 Å². The summed E-state index contributed by atoms with van der Waals surface area (Å²) < 4.78 is 26.6. The predicted octanol–water partition coefficient (Wildman–Crippen LogP) is 2.50. The smallest absolute Gasteiger partial charge is 0.379 e. The number of esters is 2. The van der Waals surface area contributed by atoms with Crippen LogP contribution in [0.1, 0.15) is 35.7 Å². The van der Waals surface area contributed by atoms with E-state index >= 15 is 0 Å². The molecule has 33 heavy (non-hydrogen) atoms. The first-order valence-electron chi connectivity index (χ1n) is 10.3. The van der Waals surface area contributed by atoms with E-state index in [4.69, 9.17) is 23.7 Å². The Morgan fingerprint density at radius 2 is 1.64 bits per heavy atom. The highest BCUT2D eigenvalue weighted by Gasteiger charge is 2.65. The van der Waals surface area contributed by atoms with E-state index in [1.165, 1.54) is 40.2 Å². The second kappa shape index (κ2) is 9.72. The molecule has 2 aromatic carbocycles. The van der Waals surface area contributed by atoms with Crippen LogP contribution in [-0.4, -0.2) is 56.5 Å². The number of carbonyl (C=O) groups excluding carboxylic acids is 4. The topological polar surface area (TPSA) is 114 Å². The lowest BCUT2D eigenvalue weighted by molar-refractivity contribution is -0.176. The number of hydrogen-bond acceptors (Lipinski definition) is 9. The number of benzene rings is 2. The molecule has 174 valence electrons. The third-order valence-electron chi connectivity index (χ3n) is 5.19. The number of Topliss-reactive ketones (excluding diaryl/α,β-unsaturated/α-hetero) is 2. The van der Waals surface area contributed by atoms with Gasteiger partial charge in [-0.05, 0) is 19.4 Å². The van der Waals surface area contributed by atoms with Crippen LogP contribution in [0, 0.1) is 0 Å². The van der Waals surface area contributed by atoms with Crippen molar-refractivity contribution in [1.82, 2.24) is 0 Å². The Labute approximate surface area is 190 Å². The predicted molar refractivity (Wildman–Crippen MR) is 115 cm³/mol. The summed E-state index contributed by atoms with van der Waals surface area (Å²) in [5.74, 6) is -5.84. The Morgan fingerprint density at radius 3 is 2.21 bits per heavy atom. The van der Waals surface area contributed by atoms with Crippen molar-refractivity contribution in [3.05, 3.63) is 53.6 Å². The molecule has 9 heteroatoms. The summed E-state index contributed by atoms with van der Waals surface area (Å²) in [6.07, 6.45) is 0. The molecule has 0 bridgehead atoms. The molecule has 2 atom stereocenters. The van der Waals surface area contributed by atoms with Crippen LogP contribution < -0.4 is 14.2 Å². The van der Waals surface area contributed by atoms with Crippen molar-refractivity contribution in [3.63, 3.8) is 0 Å². The van der Waals surface area contributed by atoms with Crippen LogP contribution in [0.2, 0.25) is 0 Å². The molecule has 0 saturated heterocycles. The second-order valence-corrected chi connectivity index (χ2v) is 7.02. The quantitative estimate of drug-likeness (QED) is 0.336. The van der Waals surface area contributed by atoms with Gasteiger partial charge < -0.3 is 23.7 Å². The van der Waals surface area contributed by atoms with Crippen LogP contribution in [0.15, 0.2) is 42.5 Å². The first-order valence-corrected chi connectivity index (χ1v) is 10.3. The van der Waals surface area contributed by atoms with Crippen molar-refractivity contribution in [2.75, 3.05) is 27.4 Å². The first-order chi connectivity index (χ1) is 15.8. The molecule has 0 unspecified atom stereocenters. The van der Waals surface area contributed by atoms with E-state index in [2.05, 4.69) is 0 Å². The molecule has 0 aromatic heterocycles. The summed E-state index contributed by atoms with van der Waals surface area (Å²) in [6, 6.07) is 10.9. The highest BCUT2D eigenvalue weighted by Crippen LogP contribution is 2.48. The van der Waals surface area contributed by atoms with Crippen LogP contribution >= 0.6 is 0 Å². The number of rotatable bonds is 8. The maximum Gasteiger partial charge on any atom is 0.379 e. The van der Waals surface area contributed by atoms with Gasteiger partial charge in [-0.15, -0.1) is 0 Å². The minimum atomic E-state index is -2.65. The molecule has 0 saturated carbocycles. The van der Waals surface area contributed by atoms with Gasteiger partial charge in [-0.1, -0.05) is 30.3 Å². The Bertz CT molecular complexity index is 1080. The molecule has 1 aliphatic rings. The lowest BCUT2D eigenvalue weighted by Gasteiger charge is -2.40. The van der Waals surface area contributed by atoms with E-state index in [1.54, 1.807) is 30.3 Å². The van der Waals surface area contributed by atoms with Gasteiger partial charge in [0, 0.05) is 12.1 Å². The molecule has 2 aromatic rings. The molecule has 9 nitrogen and oxygen atoms in total. The fraction of sp³-hybridized carbons (Fsp3) is 0.333. The maximum atomic E-state index is 13.9. The van der Waals surface area contributed by atoms with E-state index in [0.29, 0.717) is 0 Å². The molecule has 1 heterocycles. The Morgan fingerprint density at radius 1 is 0.970 bits per heavy atom. The average molecular weight is 456 g/mol. The fourth-order valence-electron chi connectivity index (χ4n) is 3.78. The van der Waals surface area contributed by atoms with Gasteiger partial charge in [-0.2, -0.15) is 0 Å². The van der Waals surface area contributed by atoms with Gasteiger partial charge >= 0.3 is 11.9 Å². The van der Waals surface area contributed by atoms with E-state index in [-0.39, 0.29) is 41.6 Å². The zero-order valence-electron chi connectivity index (χ0n) is 18.7. The zero-order chi connectivity index (χ0) is 24.2. The highest BCUT2D eigenvalue weighted by atomic mass is 16.6. The van der Waals surface area contributed by atoms with Crippen molar-refractivity contribution in [1.29, 1.82) is 0 Å². The Hall–Kier alpha value is -3.88. The van der Waals surface area contributed by atoms with Crippen LogP contribution in [0.4, 0.5) is 0 Å². The number of ketones is 2. The lowest BCUT2D eigenvalue weighted by Crippen LogP contribution is -2.63. The summed E-state index contributed by atoms with van der Waals surface area (Å²) in [5, 5.41) is 0. The Kier molecular flexibility index (Phi) is 7.01. The fourth-order valence-corrected chi connectivity index (χ4v) is 3.78. The highest BCUT2D eigenvalue weighted by molar-refractivity contribution is 6.43. The lowest BCUT2D eigenvalue weighted by atomic mass is 9.72. The van der Waals surface area contributed by atoms with Crippen LogP contribution in [0.5, 0.6) is 17.2 Å². The minimum absolute atomic E-state index is 0.00346. The van der Waals surface area contributed by atoms with Crippen LogP contribution in [-0.2, 0) is 23.9 Å². The van der Waals surface area contributed by atoms with Gasteiger partial charge in [0.25, 0.3) is 11.4 Å². The van der Waals surface area contributed by atoms with Crippen LogP contribution in [0.25, 0.3) is 0 Å². The molecule has 0 spiro atoms. The summed E-state index contributed by atoms with van der Waals surface area (Å²) in [5.41, 5.74) is -2.37. The standard InChI is InChI=1S/C24H24O9/c1-5-31-22(27)21(26)24(23(28)32-6-2)19(14-10-8-7-9-11-14)20(25)18-16(30-4)12-15(29-3)13-17(18)33-24/h7-13,19H,5-6H2,1-4H3/t19-,24-/m1/s1. The normalized spacial score (nSPS) is 19.0. The van der Waals surface area contributed by atoms with Crippen LogP contribution in [0.3, 0.4) is 0 Å². The number of ether oxygens (including phenoxy) is 5. The number of carbonyl (C=O) groups is 4. The minimum Gasteiger partial charge on any atom is -0.496 e. The van der Waals surface area contributed by atoms with Gasteiger partial charge in [0.1, 0.15) is 28.7 Å². The first kappa shape index (κ1) is 23.8. The molecule has 1 aliphatic heterocycles. The van der Waals surface area contributed by atoms with E-state index in [0.717, 1.165) is 0 Å². The molecule has 0 aliphatic carbocycles. The number of hydrogen-bond donors (Lipinski definition) is 0. The van der Waals surface area contributed by atoms with Crippen molar-refractivity contribution in [3.8, 4) is 17.2 Å². The molecular formula is C24H24O9. The average Bonchev–Trinajstić information content (AvgIpc) is 2.83. The molecule has 0 N–H and O–H groups in total. The molecule has 0 fully saturated rings. The summed E-state index contributed by atoms with van der Waals surface area (Å²) in [4.78, 5) is 53.3. The van der Waals surface area contributed by atoms with Gasteiger partial charge in [0.05, 0.1) is 27.4 Å². The summed E-state index contributed by atoms with van der Waals surface area (Å²) in [7, 11) is 2.75. The van der Waals surface area contributed by atoms with E-state index in [9.17, 15) is 19.2 Å². The zero-order valence-corrected chi connectivity index (χ0v) is 18.7. The molecular weight excluding hydrogens is 432 g/mol. The number of fused-ring (bicyclic) bond motifs is 1. The monoisotopic (exact) mass is 456 g/mol. The van der Waals surface area contributed by atoms with Gasteiger partial charge in [-0.3, -0.25) is 9.59 Å². The third-order valence-corrected chi connectivity index (χ3v) is 5.19. The van der Waals surface area contributed by atoms with Crippen molar-refractivity contribution in [2.24, 2.45) is 0 Å². The molecule has 0 amide bonds. The van der Waals surface area contributed by atoms with Crippen molar-refractivity contribution < 1.29 is 42.9 Å². The molecule has 0 radical (unpaired) electrons.